The van der Waals surface area contributed by atoms with Gasteiger partial charge in [0.2, 0.25) is 0 Å². The van der Waals surface area contributed by atoms with E-state index in [1.54, 1.807) is 18.3 Å². The Balaban J connectivity index is 1.62. The lowest BCUT2D eigenvalue weighted by Gasteiger charge is -2.20. The summed E-state index contributed by atoms with van der Waals surface area (Å²) in [5.41, 5.74) is 1.42. The molecule has 2 heterocycles. The van der Waals surface area contributed by atoms with E-state index in [4.69, 9.17) is 4.98 Å². The van der Waals surface area contributed by atoms with E-state index in [0.29, 0.717) is 17.3 Å². The quantitative estimate of drug-likeness (QED) is 0.658. The maximum absolute atomic E-state index is 14.0. The monoisotopic (exact) mass is 403 g/mol. The summed E-state index contributed by atoms with van der Waals surface area (Å²) in [4.78, 5) is 22.4. The number of nitrogens with one attached hydrogen (secondary N) is 2. The minimum Gasteiger partial charge on any atom is -0.309 e. The summed E-state index contributed by atoms with van der Waals surface area (Å²) in [6, 6.07) is 2.89. The summed E-state index contributed by atoms with van der Waals surface area (Å²) >= 11 is 1.61. The molecule has 148 valence electrons. The highest BCUT2D eigenvalue weighted by Gasteiger charge is 2.24. The molecule has 4 nitrogen and oxygen atoms in total. The summed E-state index contributed by atoms with van der Waals surface area (Å²) in [5, 5.41) is 3.97. The van der Waals surface area contributed by atoms with Gasteiger partial charge in [-0.3, -0.25) is 4.79 Å². The standard InChI is InChI=1S/C21H23F2N3OS/c1-10-4-6-15-17(8-10)28-21-18(15)20(27)25-19(26-21)12(3)24-11(2)14-7-5-13(22)9-16(14)23/h5,7,9-12,24H,4,6,8H2,1-3H3,(H,25,26,27)/t10-,11+,12+/m1/s1. The molecule has 0 unspecified atom stereocenters. The van der Waals surface area contributed by atoms with Gasteiger partial charge in [-0.25, -0.2) is 13.8 Å². The highest BCUT2D eigenvalue weighted by molar-refractivity contribution is 7.18. The third-order valence-corrected chi connectivity index (χ3v) is 6.67. The Morgan fingerprint density at radius 2 is 2.07 bits per heavy atom. The summed E-state index contributed by atoms with van der Waals surface area (Å²) in [6.45, 7) is 5.91. The van der Waals surface area contributed by atoms with Crippen molar-refractivity contribution in [1.82, 2.24) is 15.3 Å². The van der Waals surface area contributed by atoms with E-state index in [2.05, 4.69) is 17.2 Å². The number of H-pyrrole nitrogens is 1. The fourth-order valence-corrected chi connectivity index (χ4v) is 5.36. The van der Waals surface area contributed by atoms with Crippen molar-refractivity contribution in [2.75, 3.05) is 0 Å². The van der Waals surface area contributed by atoms with Crippen molar-refractivity contribution in [1.29, 1.82) is 0 Å². The Hall–Kier alpha value is -2.12. The van der Waals surface area contributed by atoms with Crippen LogP contribution >= 0.6 is 11.3 Å². The molecule has 7 heteroatoms. The topological polar surface area (TPSA) is 57.8 Å². The number of thiophene rings is 1. The molecule has 2 aromatic heterocycles. The molecule has 2 N–H and O–H groups in total. The van der Waals surface area contributed by atoms with Crippen LogP contribution in [0.15, 0.2) is 23.0 Å². The molecule has 3 aromatic rings. The third kappa shape index (κ3) is 3.49. The number of benzene rings is 1. The predicted octanol–water partition coefficient (Wildman–Crippen LogP) is 4.80. The lowest BCUT2D eigenvalue weighted by molar-refractivity contribution is 0.457. The first-order valence-corrected chi connectivity index (χ1v) is 10.4. The smallest absolute Gasteiger partial charge is 0.259 e. The van der Waals surface area contributed by atoms with Crippen LogP contribution in [-0.2, 0) is 12.8 Å². The number of fused-ring (bicyclic) bond motifs is 3. The first-order chi connectivity index (χ1) is 13.3. The molecule has 4 rings (SSSR count). The number of rotatable bonds is 4. The maximum Gasteiger partial charge on any atom is 0.259 e. The fourth-order valence-electron chi connectivity index (χ4n) is 3.97. The zero-order valence-electron chi connectivity index (χ0n) is 16.1. The van der Waals surface area contributed by atoms with Crippen molar-refractivity contribution in [2.24, 2.45) is 5.92 Å². The molecule has 1 aromatic carbocycles. The van der Waals surface area contributed by atoms with E-state index in [9.17, 15) is 13.6 Å². The first kappa shape index (κ1) is 19.2. The Kier molecular flexibility index (Phi) is 5.05. The van der Waals surface area contributed by atoms with Crippen LogP contribution in [0, 0.1) is 17.6 Å². The van der Waals surface area contributed by atoms with Gasteiger partial charge in [0.15, 0.2) is 0 Å². The summed E-state index contributed by atoms with van der Waals surface area (Å²) in [7, 11) is 0. The number of aromatic nitrogens is 2. The van der Waals surface area contributed by atoms with Crippen LogP contribution in [0.1, 0.15) is 61.1 Å². The second-order valence-corrected chi connectivity index (χ2v) is 8.84. The minimum absolute atomic E-state index is 0.110. The van der Waals surface area contributed by atoms with Gasteiger partial charge in [0.05, 0.1) is 11.4 Å². The molecule has 0 spiro atoms. The zero-order valence-corrected chi connectivity index (χ0v) is 16.9. The number of nitrogens with zero attached hydrogens (tertiary/aromatic N) is 1. The number of hydrogen-bond donors (Lipinski definition) is 2. The lowest BCUT2D eigenvalue weighted by Crippen LogP contribution is -2.26. The Bertz CT molecular complexity index is 1090. The predicted molar refractivity (Wildman–Crippen MR) is 108 cm³/mol. The largest absolute Gasteiger partial charge is 0.309 e. The van der Waals surface area contributed by atoms with Crippen molar-refractivity contribution >= 4 is 21.6 Å². The molecule has 1 aliphatic rings. The fraction of sp³-hybridized carbons (Fsp3) is 0.429. The Morgan fingerprint density at radius 3 is 2.82 bits per heavy atom. The van der Waals surface area contributed by atoms with E-state index in [0.717, 1.165) is 41.1 Å². The molecule has 0 saturated heterocycles. The molecule has 0 amide bonds. The number of hydrogen-bond acceptors (Lipinski definition) is 4. The van der Waals surface area contributed by atoms with Crippen molar-refractivity contribution in [3.63, 3.8) is 0 Å². The van der Waals surface area contributed by atoms with Crippen LogP contribution < -0.4 is 10.9 Å². The van der Waals surface area contributed by atoms with E-state index in [1.807, 2.05) is 6.92 Å². The van der Waals surface area contributed by atoms with Gasteiger partial charge in [-0.1, -0.05) is 13.0 Å². The van der Waals surface area contributed by atoms with Gasteiger partial charge in [0.25, 0.3) is 5.56 Å². The van der Waals surface area contributed by atoms with E-state index < -0.39 is 11.6 Å². The van der Waals surface area contributed by atoms with Crippen LogP contribution in [0.4, 0.5) is 8.78 Å². The molecule has 0 saturated carbocycles. The van der Waals surface area contributed by atoms with Gasteiger partial charge in [-0.2, -0.15) is 0 Å². The summed E-state index contributed by atoms with van der Waals surface area (Å²) in [5.74, 6) is -0.0391. The molecule has 28 heavy (non-hydrogen) atoms. The van der Waals surface area contributed by atoms with E-state index >= 15 is 0 Å². The lowest BCUT2D eigenvalue weighted by atomic mass is 9.89. The molecular weight excluding hydrogens is 380 g/mol. The molecular formula is C21H23F2N3OS. The third-order valence-electron chi connectivity index (χ3n) is 5.52. The van der Waals surface area contributed by atoms with Crippen LogP contribution in [-0.4, -0.2) is 9.97 Å². The average molecular weight is 403 g/mol. The van der Waals surface area contributed by atoms with Gasteiger partial charge >= 0.3 is 0 Å². The van der Waals surface area contributed by atoms with Crippen molar-refractivity contribution in [3.05, 3.63) is 62.0 Å². The molecule has 0 fully saturated rings. The molecule has 3 atom stereocenters. The van der Waals surface area contributed by atoms with Gasteiger partial charge < -0.3 is 10.3 Å². The zero-order chi connectivity index (χ0) is 20.0. The second kappa shape index (κ2) is 7.37. The molecule has 1 aliphatic carbocycles. The van der Waals surface area contributed by atoms with Gasteiger partial charge in [0.1, 0.15) is 22.3 Å². The van der Waals surface area contributed by atoms with Crippen LogP contribution in [0.2, 0.25) is 0 Å². The van der Waals surface area contributed by atoms with Crippen LogP contribution in [0.5, 0.6) is 0 Å². The van der Waals surface area contributed by atoms with Crippen LogP contribution in [0.25, 0.3) is 10.2 Å². The first-order valence-electron chi connectivity index (χ1n) is 9.59. The molecule has 0 bridgehead atoms. The van der Waals surface area contributed by atoms with E-state index in [-0.39, 0.29) is 17.6 Å². The summed E-state index contributed by atoms with van der Waals surface area (Å²) in [6.07, 6.45) is 3.02. The summed E-state index contributed by atoms with van der Waals surface area (Å²) < 4.78 is 27.2. The normalized spacial score (nSPS) is 18.8. The molecule has 0 radical (unpaired) electrons. The Morgan fingerprint density at radius 1 is 1.29 bits per heavy atom. The molecule has 0 aliphatic heterocycles. The highest BCUT2D eigenvalue weighted by Crippen LogP contribution is 2.36. The second-order valence-electron chi connectivity index (χ2n) is 7.76. The highest BCUT2D eigenvalue weighted by atomic mass is 32.1. The van der Waals surface area contributed by atoms with Gasteiger partial charge in [-0.15, -0.1) is 11.3 Å². The van der Waals surface area contributed by atoms with Crippen LogP contribution in [0.3, 0.4) is 0 Å². The maximum atomic E-state index is 14.0. The van der Waals surface area contributed by atoms with Crippen molar-refractivity contribution in [2.45, 2.75) is 52.1 Å². The SMILES string of the molecule is C[C@@H]1CCc2c(sc3nc([C@H](C)N[C@@H](C)c4ccc(F)cc4F)[nH]c(=O)c23)C1. The minimum atomic E-state index is -0.603. The van der Waals surface area contributed by atoms with Gasteiger partial charge in [0, 0.05) is 22.5 Å². The number of aromatic amines is 1. The Labute approximate surface area is 166 Å². The van der Waals surface area contributed by atoms with E-state index in [1.165, 1.54) is 17.0 Å². The van der Waals surface area contributed by atoms with Crippen molar-refractivity contribution in [3.8, 4) is 0 Å². The van der Waals surface area contributed by atoms with Crippen molar-refractivity contribution < 1.29 is 8.78 Å². The number of halogens is 2. The van der Waals surface area contributed by atoms with Gasteiger partial charge in [-0.05, 0) is 50.7 Å². The average Bonchev–Trinajstić information content (AvgIpc) is 2.99. The number of aryl methyl sites for hydroxylation is 1.